The van der Waals surface area contributed by atoms with Crippen molar-refractivity contribution in [3.8, 4) is 22.5 Å². The average molecular weight is 284 g/mol. The van der Waals surface area contributed by atoms with Crippen LogP contribution in [0.3, 0.4) is 0 Å². The van der Waals surface area contributed by atoms with Crippen LogP contribution >= 0.6 is 0 Å². The molecule has 3 aromatic rings. The zero-order valence-electron chi connectivity index (χ0n) is 10.8. The molecule has 2 aromatic heterocycles. The van der Waals surface area contributed by atoms with E-state index in [0.717, 1.165) is 16.8 Å². The Kier molecular flexibility index (Phi) is 3.39. The molecule has 3 rings (SSSR count). The highest BCUT2D eigenvalue weighted by atomic mass is 32.2. The van der Waals surface area contributed by atoms with Crippen LogP contribution in [0.1, 0.15) is 0 Å². The molecule has 6 heteroatoms. The predicted octanol–water partition coefficient (Wildman–Crippen LogP) is 2.27. The molecule has 20 heavy (non-hydrogen) atoms. The molecule has 0 radical (unpaired) electrons. The second kappa shape index (κ2) is 5.34. The fraction of sp³-hybridized carbons (Fsp3) is 0.0714. The van der Waals surface area contributed by atoms with Gasteiger partial charge in [-0.25, -0.2) is 9.97 Å². The Bertz CT molecular complexity index is 755. The smallest absolute Gasteiger partial charge is 0.218 e. The maximum Gasteiger partial charge on any atom is 0.218 e. The van der Waals surface area contributed by atoms with Gasteiger partial charge in [0.1, 0.15) is 0 Å². The van der Waals surface area contributed by atoms with Crippen LogP contribution in [0.15, 0.2) is 53.9 Å². The minimum absolute atomic E-state index is 0.316. The Morgan fingerprint density at radius 3 is 2.70 bits per heavy atom. The van der Waals surface area contributed by atoms with Crippen molar-refractivity contribution < 1.29 is 4.21 Å². The highest BCUT2D eigenvalue weighted by Gasteiger charge is 2.12. The van der Waals surface area contributed by atoms with E-state index in [9.17, 15) is 4.21 Å². The Morgan fingerprint density at radius 1 is 1.15 bits per heavy atom. The molecule has 100 valence electrons. The van der Waals surface area contributed by atoms with Crippen molar-refractivity contribution in [1.82, 2.24) is 20.2 Å². The summed E-state index contributed by atoms with van der Waals surface area (Å²) < 4.78 is 11.5. The molecule has 0 saturated carbocycles. The molecule has 0 saturated heterocycles. The van der Waals surface area contributed by atoms with E-state index in [1.165, 1.54) is 0 Å². The fourth-order valence-electron chi connectivity index (χ4n) is 1.94. The molecule has 1 atom stereocenters. The minimum Gasteiger partial charge on any atom is -0.276 e. The molecule has 0 bridgehead atoms. The number of nitrogens with one attached hydrogen (secondary N) is 1. The van der Waals surface area contributed by atoms with Crippen molar-refractivity contribution >= 4 is 10.8 Å². The van der Waals surface area contributed by atoms with Gasteiger partial charge < -0.3 is 0 Å². The molecule has 0 amide bonds. The molecule has 1 unspecified atom stereocenters. The van der Waals surface area contributed by atoms with E-state index < -0.39 is 10.8 Å². The van der Waals surface area contributed by atoms with Crippen LogP contribution in [0.25, 0.3) is 22.5 Å². The third-order valence-corrected chi connectivity index (χ3v) is 3.58. The van der Waals surface area contributed by atoms with Gasteiger partial charge in [-0.3, -0.25) is 9.31 Å². The number of aromatic amines is 1. The second-order valence-corrected chi connectivity index (χ2v) is 5.48. The summed E-state index contributed by atoms with van der Waals surface area (Å²) in [6, 6.07) is 11.7. The van der Waals surface area contributed by atoms with Crippen molar-refractivity contribution in [2.75, 3.05) is 6.26 Å². The molecule has 0 aliphatic heterocycles. The lowest BCUT2D eigenvalue weighted by Crippen LogP contribution is -1.98. The number of benzene rings is 1. The Balaban J connectivity index is 2.10. The van der Waals surface area contributed by atoms with Crippen molar-refractivity contribution in [1.29, 1.82) is 0 Å². The monoisotopic (exact) mass is 284 g/mol. The van der Waals surface area contributed by atoms with Gasteiger partial charge in [0.2, 0.25) is 5.16 Å². The maximum atomic E-state index is 11.5. The van der Waals surface area contributed by atoms with Crippen molar-refractivity contribution in [2.24, 2.45) is 0 Å². The summed E-state index contributed by atoms with van der Waals surface area (Å²) in [6.07, 6.45) is 4.92. The summed E-state index contributed by atoms with van der Waals surface area (Å²) in [6.45, 7) is 0. The van der Waals surface area contributed by atoms with Crippen LogP contribution in [-0.4, -0.2) is 30.6 Å². The summed E-state index contributed by atoms with van der Waals surface area (Å²) in [4.78, 5) is 8.32. The van der Waals surface area contributed by atoms with Gasteiger partial charge in [0.15, 0.2) is 0 Å². The molecule has 5 nitrogen and oxygen atoms in total. The zero-order chi connectivity index (χ0) is 13.9. The molecular weight excluding hydrogens is 272 g/mol. The van der Waals surface area contributed by atoms with Crippen LogP contribution in [0.4, 0.5) is 0 Å². The lowest BCUT2D eigenvalue weighted by Gasteiger charge is -2.03. The van der Waals surface area contributed by atoms with Crippen LogP contribution in [0.2, 0.25) is 0 Å². The summed E-state index contributed by atoms with van der Waals surface area (Å²) >= 11 is 0. The third-order valence-electron chi connectivity index (χ3n) is 2.87. The van der Waals surface area contributed by atoms with Gasteiger partial charge in [-0.05, 0) is 11.6 Å². The Morgan fingerprint density at radius 2 is 1.95 bits per heavy atom. The van der Waals surface area contributed by atoms with Crippen LogP contribution in [0, 0.1) is 0 Å². The zero-order valence-corrected chi connectivity index (χ0v) is 11.6. The summed E-state index contributed by atoms with van der Waals surface area (Å²) in [7, 11) is -1.21. The SMILES string of the molecule is CS(=O)c1nccc(-c2[nH]ncc2-c2ccccc2)n1. The highest BCUT2D eigenvalue weighted by Crippen LogP contribution is 2.28. The highest BCUT2D eigenvalue weighted by molar-refractivity contribution is 7.84. The van der Waals surface area contributed by atoms with E-state index in [-0.39, 0.29) is 0 Å². The van der Waals surface area contributed by atoms with Gasteiger partial charge in [0.05, 0.1) is 28.4 Å². The molecular formula is C14H12N4OS. The lowest BCUT2D eigenvalue weighted by molar-refractivity contribution is 0.680. The Labute approximate surface area is 118 Å². The van der Waals surface area contributed by atoms with Gasteiger partial charge in [-0.1, -0.05) is 30.3 Å². The largest absolute Gasteiger partial charge is 0.276 e. The second-order valence-electron chi connectivity index (χ2n) is 4.20. The molecule has 0 aliphatic rings. The van der Waals surface area contributed by atoms with E-state index >= 15 is 0 Å². The van der Waals surface area contributed by atoms with E-state index in [1.54, 1.807) is 24.7 Å². The number of hydrogen-bond acceptors (Lipinski definition) is 4. The first-order valence-corrected chi connectivity index (χ1v) is 7.57. The van der Waals surface area contributed by atoms with Crippen LogP contribution in [-0.2, 0) is 10.8 Å². The van der Waals surface area contributed by atoms with Gasteiger partial charge in [-0.15, -0.1) is 0 Å². The van der Waals surface area contributed by atoms with Gasteiger partial charge >= 0.3 is 0 Å². The summed E-state index contributed by atoms with van der Waals surface area (Å²) in [5.41, 5.74) is 3.48. The Hall–Kier alpha value is -2.34. The number of aromatic nitrogens is 4. The predicted molar refractivity (Wildman–Crippen MR) is 77.4 cm³/mol. The first kappa shape index (κ1) is 12.7. The maximum absolute atomic E-state index is 11.5. The molecule has 1 aromatic carbocycles. The molecule has 0 fully saturated rings. The topological polar surface area (TPSA) is 71.5 Å². The normalized spacial score (nSPS) is 12.2. The van der Waals surface area contributed by atoms with Gasteiger partial charge in [-0.2, -0.15) is 5.10 Å². The van der Waals surface area contributed by atoms with Gasteiger partial charge in [0, 0.05) is 18.0 Å². The average Bonchev–Trinajstić information content (AvgIpc) is 2.98. The van der Waals surface area contributed by atoms with Crippen LogP contribution in [0.5, 0.6) is 0 Å². The van der Waals surface area contributed by atoms with E-state index in [1.807, 2.05) is 30.3 Å². The van der Waals surface area contributed by atoms with Gasteiger partial charge in [0.25, 0.3) is 0 Å². The van der Waals surface area contributed by atoms with Crippen molar-refractivity contribution in [3.63, 3.8) is 0 Å². The quantitative estimate of drug-likeness (QED) is 0.749. The standard InChI is InChI=1S/C14H12N4OS/c1-20(19)14-15-8-7-12(17-14)13-11(9-16-18-13)10-5-3-2-4-6-10/h2-9H,1H3,(H,16,18). The first-order chi connectivity index (χ1) is 9.75. The van der Waals surface area contributed by atoms with Crippen LogP contribution < -0.4 is 0 Å². The van der Waals surface area contributed by atoms with E-state index in [2.05, 4.69) is 20.2 Å². The van der Waals surface area contributed by atoms with E-state index in [0.29, 0.717) is 10.9 Å². The fourth-order valence-corrected chi connectivity index (χ4v) is 2.37. The lowest BCUT2D eigenvalue weighted by atomic mass is 10.1. The number of nitrogens with zero attached hydrogens (tertiary/aromatic N) is 3. The van der Waals surface area contributed by atoms with Crippen molar-refractivity contribution in [3.05, 3.63) is 48.8 Å². The summed E-state index contributed by atoms with van der Waals surface area (Å²) in [5, 5.41) is 7.35. The molecule has 2 heterocycles. The number of hydrogen-bond donors (Lipinski definition) is 1. The molecule has 0 spiro atoms. The van der Waals surface area contributed by atoms with Crippen molar-refractivity contribution in [2.45, 2.75) is 5.16 Å². The number of rotatable bonds is 3. The van der Waals surface area contributed by atoms with E-state index in [4.69, 9.17) is 0 Å². The number of H-pyrrole nitrogens is 1. The molecule has 0 aliphatic carbocycles. The first-order valence-electron chi connectivity index (χ1n) is 6.01. The minimum atomic E-state index is -1.21. The third kappa shape index (κ3) is 2.37. The molecule has 1 N–H and O–H groups in total. The summed E-state index contributed by atoms with van der Waals surface area (Å²) in [5.74, 6) is 0.